The van der Waals surface area contributed by atoms with Gasteiger partial charge >= 0.3 is 0 Å². The maximum absolute atomic E-state index is 12.2. The molecule has 0 aromatic heterocycles. The number of halogens is 1. The lowest BCUT2D eigenvalue weighted by Gasteiger charge is -2.11. The quantitative estimate of drug-likeness (QED) is 0.580. The number of nitrogens with one attached hydrogen (secondary N) is 1. The smallest absolute Gasteiger partial charge is 0.239 e. The molecular formula is C20H20ClN3O2S. The van der Waals surface area contributed by atoms with Crippen LogP contribution >= 0.6 is 23.4 Å². The monoisotopic (exact) mass is 401 g/mol. The summed E-state index contributed by atoms with van der Waals surface area (Å²) in [6, 6.07) is 15.1. The van der Waals surface area contributed by atoms with E-state index in [2.05, 4.69) is 15.5 Å². The van der Waals surface area contributed by atoms with Crippen LogP contribution in [0.4, 0.5) is 0 Å². The van der Waals surface area contributed by atoms with Crippen molar-refractivity contribution in [2.45, 2.75) is 31.6 Å². The number of carbonyl (C=O) groups is 1. The average molecular weight is 402 g/mol. The second-order valence-electron chi connectivity index (χ2n) is 6.28. The molecule has 0 bridgehead atoms. The molecule has 1 N–H and O–H groups in total. The SMILES string of the molecule is CC(C)Oc1ccccc1C=NN=C1NC(=O)C(Cc2ccc(Cl)cc2)S1. The molecule has 1 fully saturated rings. The first-order valence-corrected chi connectivity index (χ1v) is 9.85. The van der Waals surface area contributed by atoms with Crippen molar-refractivity contribution in [1.29, 1.82) is 0 Å². The van der Waals surface area contributed by atoms with Crippen molar-refractivity contribution in [3.63, 3.8) is 0 Å². The summed E-state index contributed by atoms with van der Waals surface area (Å²) in [4.78, 5) is 12.2. The lowest BCUT2D eigenvalue weighted by molar-refractivity contribution is -0.118. The molecule has 0 spiro atoms. The molecule has 5 nitrogen and oxygen atoms in total. The van der Waals surface area contributed by atoms with Gasteiger partial charge in [0.1, 0.15) is 5.75 Å². The topological polar surface area (TPSA) is 63.1 Å². The van der Waals surface area contributed by atoms with Crippen molar-refractivity contribution in [3.05, 3.63) is 64.7 Å². The number of nitrogens with zero attached hydrogens (tertiary/aromatic N) is 2. The van der Waals surface area contributed by atoms with E-state index in [0.29, 0.717) is 16.6 Å². The number of ether oxygens (including phenoxy) is 1. The van der Waals surface area contributed by atoms with Crippen LogP contribution in [0.3, 0.4) is 0 Å². The Balaban J connectivity index is 1.64. The van der Waals surface area contributed by atoms with E-state index in [-0.39, 0.29) is 17.3 Å². The lowest BCUT2D eigenvalue weighted by atomic mass is 10.1. The van der Waals surface area contributed by atoms with Crippen LogP contribution in [0.15, 0.2) is 58.7 Å². The van der Waals surface area contributed by atoms with Gasteiger partial charge in [0.05, 0.1) is 17.6 Å². The van der Waals surface area contributed by atoms with Gasteiger partial charge in [-0.3, -0.25) is 4.79 Å². The summed E-state index contributed by atoms with van der Waals surface area (Å²) in [6.07, 6.45) is 2.31. The summed E-state index contributed by atoms with van der Waals surface area (Å²) < 4.78 is 5.75. The first-order valence-electron chi connectivity index (χ1n) is 8.60. The molecule has 27 heavy (non-hydrogen) atoms. The van der Waals surface area contributed by atoms with Crippen LogP contribution in [0, 0.1) is 0 Å². The van der Waals surface area contributed by atoms with Crippen LogP contribution in [0.1, 0.15) is 25.0 Å². The Kier molecular flexibility index (Phi) is 6.53. The molecule has 1 amide bonds. The number of amides is 1. The summed E-state index contributed by atoms with van der Waals surface area (Å²) in [5.41, 5.74) is 1.89. The van der Waals surface area contributed by atoms with E-state index >= 15 is 0 Å². The zero-order valence-corrected chi connectivity index (χ0v) is 16.6. The number of para-hydroxylation sites is 1. The molecule has 1 saturated heterocycles. The minimum atomic E-state index is -0.225. The Bertz CT molecular complexity index is 866. The van der Waals surface area contributed by atoms with Crippen LogP contribution in [-0.4, -0.2) is 28.6 Å². The van der Waals surface area contributed by atoms with Crippen molar-refractivity contribution in [1.82, 2.24) is 5.32 Å². The first kappa shape index (κ1) is 19.5. The summed E-state index contributed by atoms with van der Waals surface area (Å²) in [7, 11) is 0. The van der Waals surface area contributed by atoms with Crippen LogP contribution in [-0.2, 0) is 11.2 Å². The van der Waals surface area contributed by atoms with Crippen molar-refractivity contribution in [3.8, 4) is 5.75 Å². The van der Waals surface area contributed by atoms with E-state index in [0.717, 1.165) is 16.9 Å². The number of hydrogen-bond donors (Lipinski definition) is 1. The first-order chi connectivity index (χ1) is 13.0. The Morgan fingerprint density at radius 1 is 1.22 bits per heavy atom. The van der Waals surface area contributed by atoms with Gasteiger partial charge in [-0.2, -0.15) is 5.10 Å². The van der Waals surface area contributed by atoms with E-state index in [1.54, 1.807) is 6.21 Å². The number of carbonyl (C=O) groups excluding carboxylic acids is 1. The third-order valence-electron chi connectivity index (χ3n) is 3.74. The normalized spacial score (nSPS) is 18.4. The summed E-state index contributed by atoms with van der Waals surface area (Å²) in [5.74, 6) is 0.688. The lowest BCUT2D eigenvalue weighted by Crippen LogP contribution is -2.25. The molecule has 2 aromatic rings. The van der Waals surface area contributed by atoms with Gasteiger partial charge in [-0.15, -0.1) is 5.10 Å². The van der Waals surface area contributed by atoms with Gasteiger partial charge in [-0.1, -0.05) is 47.6 Å². The van der Waals surface area contributed by atoms with Crippen LogP contribution in [0.5, 0.6) is 5.75 Å². The van der Waals surface area contributed by atoms with Crippen LogP contribution < -0.4 is 10.1 Å². The second-order valence-corrected chi connectivity index (χ2v) is 7.91. The van der Waals surface area contributed by atoms with Crippen LogP contribution in [0.25, 0.3) is 0 Å². The van der Waals surface area contributed by atoms with Gasteiger partial charge in [0.15, 0.2) is 5.17 Å². The standard InChI is InChI=1S/C20H20ClN3O2S/c1-13(2)26-17-6-4-3-5-15(17)12-22-24-20-23-19(25)18(27-20)11-14-7-9-16(21)10-8-14/h3-10,12-13,18H,11H2,1-2H3,(H,23,24,25). The van der Waals surface area contributed by atoms with E-state index in [4.69, 9.17) is 16.3 Å². The molecule has 1 heterocycles. The number of benzene rings is 2. The molecule has 1 aliphatic heterocycles. The highest BCUT2D eigenvalue weighted by Gasteiger charge is 2.30. The van der Waals surface area contributed by atoms with Crippen LogP contribution in [0.2, 0.25) is 5.02 Å². The predicted octanol–water partition coefficient (Wildman–Crippen LogP) is 4.29. The van der Waals surface area contributed by atoms with Gasteiger partial charge in [0, 0.05) is 10.6 Å². The van der Waals surface area contributed by atoms with Crippen molar-refractivity contribution in [2.24, 2.45) is 10.2 Å². The fraction of sp³-hybridized carbons (Fsp3) is 0.250. The maximum Gasteiger partial charge on any atom is 0.239 e. The Hall–Kier alpha value is -2.31. The minimum Gasteiger partial charge on any atom is -0.490 e. The van der Waals surface area contributed by atoms with Crippen molar-refractivity contribution < 1.29 is 9.53 Å². The zero-order chi connectivity index (χ0) is 19.2. The summed E-state index contributed by atoms with van der Waals surface area (Å²) in [6.45, 7) is 3.94. The Morgan fingerprint density at radius 3 is 2.70 bits per heavy atom. The van der Waals surface area contributed by atoms with E-state index in [1.807, 2.05) is 62.4 Å². The second kappa shape index (κ2) is 9.06. The number of amidine groups is 1. The van der Waals surface area contributed by atoms with Gasteiger partial charge in [0.25, 0.3) is 0 Å². The number of rotatable bonds is 6. The number of hydrogen-bond acceptors (Lipinski definition) is 5. The van der Waals surface area contributed by atoms with E-state index < -0.39 is 0 Å². The van der Waals surface area contributed by atoms with Gasteiger partial charge in [-0.05, 0) is 50.1 Å². The number of thioether (sulfide) groups is 1. The predicted molar refractivity (Wildman–Crippen MR) is 112 cm³/mol. The Morgan fingerprint density at radius 2 is 1.96 bits per heavy atom. The highest BCUT2D eigenvalue weighted by atomic mass is 35.5. The summed E-state index contributed by atoms with van der Waals surface area (Å²) in [5, 5.41) is 12.0. The minimum absolute atomic E-state index is 0.0626. The zero-order valence-electron chi connectivity index (χ0n) is 15.1. The molecule has 1 unspecified atom stereocenters. The molecule has 1 atom stereocenters. The third kappa shape index (κ3) is 5.58. The molecule has 3 rings (SSSR count). The van der Waals surface area contributed by atoms with Gasteiger partial charge in [-0.25, -0.2) is 0 Å². The third-order valence-corrected chi connectivity index (χ3v) is 5.06. The largest absolute Gasteiger partial charge is 0.490 e. The molecule has 1 aliphatic rings. The molecule has 0 saturated carbocycles. The van der Waals surface area contributed by atoms with Gasteiger partial charge in [0.2, 0.25) is 5.91 Å². The average Bonchev–Trinajstić information content (AvgIpc) is 2.97. The molecular weight excluding hydrogens is 382 g/mol. The fourth-order valence-electron chi connectivity index (χ4n) is 2.51. The van der Waals surface area contributed by atoms with Crippen molar-refractivity contribution in [2.75, 3.05) is 0 Å². The molecule has 140 valence electrons. The summed E-state index contributed by atoms with van der Waals surface area (Å²) >= 11 is 7.28. The fourth-order valence-corrected chi connectivity index (χ4v) is 3.60. The molecule has 7 heteroatoms. The molecule has 0 aliphatic carbocycles. The van der Waals surface area contributed by atoms with Crippen molar-refractivity contribution >= 4 is 40.7 Å². The maximum atomic E-state index is 12.2. The molecule has 2 aromatic carbocycles. The Labute approximate surface area is 167 Å². The van der Waals surface area contributed by atoms with E-state index in [1.165, 1.54) is 11.8 Å². The highest BCUT2D eigenvalue weighted by molar-refractivity contribution is 8.15. The highest BCUT2D eigenvalue weighted by Crippen LogP contribution is 2.24. The van der Waals surface area contributed by atoms with Gasteiger partial charge < -0.3 is 10.1 Å². The van der Waals surface area contributed by atoms with E-state index in [9.17, 15) is 4.79 Å². The molecule has 0 radical (unpaired) electrons.